The van der Waals surface area contributed by atoms with E-state index in [2.05, 4.69) is 32.1 Å². The van der Waals surface area contributed by atoms with Crippen LogP contribution in [0.2, 0.25) is 0 Å². The zero-order valence-corrected chi connectivity index (χ0v) is 19.1. The summed E-state index contributed by atoms with van der Waals surface area (Å²) in [6.07, 6.45) is 3.71. The Hall–Kier alpha value is -3.24. The van der Waals surface area contributed by atoms with Gasteiger partial charge in [-0.15, -0.1) is 11.3 Å². The van der Waals surface area contributed by atoms with Gasteiger partial charge in [0, 0.05) is 50.9 Å². The predicted molar refractivity (Wildman–Crippen MR) is 127 cm³/mol. The van der Waals surface area contributed by atoms with Crippen molar-refractivity contribution in [3.05, 3.63) is 35.5 Å². The molecular formula is C22H25N7O2S. The Morgan fingerprint density at radius 1 is 1.19 bits per heavy atom. The van der Waals surface area contributed by atoms with Crippen LogP contribution >= 0.6 is 11.3 Å². The number of aryl methyl sites for hydroxylation is 1. The summed E-state index contributed by atoms with van der Waals surface area (Å²) in [6, 6.07) is 5.48. The van der Waals surface area contributed by atoms with Gasteiger partial charge < -0.3 is 19.9 Å². The number of hydrogen-bond acceptors (Lipinski definition) is 8. The SMILES string of the molecule is CCN1CCN(c2cnc3cc(C(=O)Nc4cc5cn(C)nc5cc4OC)sc3n2)CC1. The maximum Gasteiger partial charge on any atom is 0.265 e. The average molecular weight is 452 g/mol. The number of thiophene rings is 1. The predicted octanol–water partition coefficient (Wildman–Crippen LogP) is 2.98. The van der Waals surface area contributed by atoms with Crippen LogP contribution in [0, 0.1) is 0 Å². The van der Waals surface area contributed by atoms with Gasteiger partial charge in [-0.25, -0.2) is 9.97 Å². The standard InChI is InChI=1S/C22H25N7O2S/c1-4-28-5-7-29(8-6-28)20-12-23-17-11-19(32-22(17)25-20)21(30)24-16-9-14-13-27(2)26-15(14)10-18(16)31-3/h9-13H,4-8H2,1-3H3,(H,24,30). The van der Waals surface area contributed by atoms with Crippen molar-refractivity contribution < 1.29 is 9.53 Å². The molecule has 1 aliphatic heterocycles. The Bertz CT molecular complexity index is 1290. The van der Waals surface area contributed by atoms with E-state index in [9.17, 15) is 4.79 Å². The van der Waals surface area contributed by atoms with E-state index in [1.165, 1.54) is 11.3 Å². The summed E-state index contributed by atoms with van der Waals surface area (Å²) in [5.41, 5.74) is 2.14. The first-order valence-corrected chi connectivity index (χ1v) is 11.4. The summed E-state index contributed by atoms with van der Waals surface area (Å²) in [4.78, 5) is 28.3. The van der Waals surface area contributed by atoms with Crippen molar-refractivity contribution in [2.75, 3.05) is 50.1 Å². The van der Waals surface area contributed by atoms with Gasteiger partial charge in [-0.05, 0) is 18.7 Å². The van der Waals surface area contributed by atoms with Crippen molar-refractivity contribution in [3.8, 4) is 5.75 Å². The van der Waals surface area contributed by atoms with E-state index in [1.807, 2.05) is 25.4 Å². The van der Waals surface area contributed by atoms with Gasteiger partial charge in [0.05, 0.1) is 29.4 Å². The molecule has 32 heavy (non-hydrogen) atoms. The molecular weight excluding hydrogens is 426 g/mol. The third-order valence-electron chi connectivity index (χ3n) is 5.78. The Kier molecular flexibility index (Phi) is 5.40. The van der Waals surface area contributed by atoms with E-state index in [-0.39, 0.29) is 5.91 Å². The molecule has 0 aliphatic carbocycles. The fourth-order valence-corrected chi connectivity index (χ4v) is 4.87. The number of methoxy groups -OCH3 is 1. The second kappa shape index (κ2) is 8.36. The molecule has 0 bridgehead atoms. The van der Waals surface area contributed by atoms with Crippen LogP contribution < -0.4 is 15.0 Å². The lowest BCUT2D eigenvalue weighted by Crippen LogP contribution is -2.46. The van der Waals surface area contributed by atoms with Gasteiger partial charge in [0.1, 0.15) is 21.9 Å². The van der Waals surface area contributed by atoms with E-state index in [0.717, 1.165) is 59.8 Å². The van der Waals surface area contributed by atoms with E-state index in [4.69, 9.17) is 9.72 Å². The van der Waals surface area contributed by atoms with Gasteiger partial charge in [-0.2, -0.15) is 5.10 Å². The molecule has 0 unspecified atom stereocenters. The van der Waals surface area contributed by atoms with Gasteiger partial charge in [-0.1, -0.05) is 6.92 Å². The number of nitrogens with zero attached hydrogens (tertiary/aromatic N) is 6. The number of piperazine rings is 1. The zero-order valence-electron chi connectivity index (χ0n) is 18.3. The Labute approximate surface area is 189 Å². The molecule has 0 saturated carbocycles. The minimum atomic E-state index is -0.213. The summed E-state index contributed by atoms with van der Waals surface area (Å²) in [5, 5.41) is 8.28. The van der Waals surface area contributed by atoms with E-state index >= 15 is 0 Å². The number of rotatable bonds is 5. The highest BCUT2D eigenvalue weighted by Gasteiger charge is 2.19. The number of hydrogen-bond donors (Lipinski definition) is 1. The number of carbonyl (C=O) groups is 1. The maximum atomic E-state index is 13.0. The average Bonchev–Trinajstić information content (AvgIpc) is 3.40. The molecule has 0 atom stereocenters. The van der Waals surface area contributed by atoms with Crippen LogP contribution in [-0.2, 0) is 7.05 Å². The third-order valence-corrected chi connectivity index (χ3v) is 6.80. The highest BCUT2D eigenvalue weighted by atomic mass is 32.1. The lowest BCUT2D eigenvalue weighted by atomic mass is 10.2. The van der Waals surface area contributed by atoms with Crippen LogP contribution in [0.4, 0.5) is 11.5 Å². The van der Waals surface area contributed by atoms with Gasteiger partial charge >= 0.3 is 0 Å². The first-order valence-electron chi connectivity index (χ1n) is 10.6. The molecule has 3 aromatic heterocycles. The number of aromatic nitrogens is 4. The summed E-state index contributed by atoms with van der Waals surface area (Å²) < 4.78 is 7.20. The lowest BCUT2D eigenvalue weighted by molar-refractivity contribution is 0.103. The molecule has 1 fully saturated rings. The van der Waals surface area contributed by atoms with Gasteiger partial charge in [0.25, 0.3) is 5.91 Å². The molecule has 5 rings (SSSR count). The van der Waals surface area contributed by atoms with Crippen LogP contribution in [0.25, 0.3) is 21.3 Å². The number of benzene rings is 1. The number of ether oxygens (including phenoxy) is 1. The summed E-state index contributed by atoms with van der Waals surface area (Å²) in [5.74, 6) is 1.22. The molecule has 166 valence electrons. The van der Waals surface area contributed by atoms with Gasteiger partial charge in [0.2, 0.25) is 0 Å². The van der Waals surface area contributed by atoms with Crippen molar-refractivity contribution in [2.45, 2.75) is 6.92 Å². The second-order valence-electron chi connectivity index (χ2n) is 7.82. The lowest BCUT2D eigenvalue weighted by Gasteiger charge is -2.34. The quantitative estimate of drug-likeness (QED) is 0.499. The number of fused-ring (bicyclic) bond motifs is 2. The zero-order chi connectivity index (χ0) is 22.2. The van der Waals surface area contributed by atoms with E-state index in [0.29, 0.717) is 16.3 Å². The molecule has 1 aromatic carbocycles. The van der Waals surface area contributed by atoms with Gasteiger partial charge in [-0.3, -0.25) is 9.48 Å². The molecule has 1 aliphatic rings. The second-order valence-corrected chi connectivity index (χ2v) is 8.85. The summed E-state index contributed by atoms with van der Waals surface area (Å²) in [7, 11) is 3.44. The van der Waals surface area contributed by atoms with Crippen LogP contribution in [0.15, 0.2) is 30.6 Å². The van der Waals surface area contributed by atoms with Crippen molar-refractivity contribution in [2.24, 2.45) is 7.05 Å². The Morgan fingerprint density at radius 3 is 2.75 bits per heavy atom. The summed E-state index contributed by atoms with van der Waals surface area (Å²) in [6.45, 7) is 7.17. The van der Waals surface area contributed by atoms with Crippen LogP contribution in [-0.4, -0.2) is 70.4 Å². The normalized spacial score (nSPS) is 14.9. The van der Waals surface area contributed by atoms with Crippen molar-refractivity contribution >= 4 is 50.0 Å². The molecule has 0 radical (unpaired) electrons. The smallest absolute Gasteiger partial charge is 0.265 e. The molecule has 0 spiro atoms. The minimum absolute atomic E-state index is 0.213. The fourth-order valence-electron chi connectivity index (χ4n) is 3.99. The van der Waals surface area contributed by atoms with Gasteiger partial charge in [0.15, 0.2) is 0 Å². The van der Waals surface area contributed by atoms with Crippen molar-refractivity contribution in [3.63, 3.8) is 0 Å². The topological polar surface area (TPSA) is 88.4 Å². The number of nitrogens with one attached hydrogen (secondary N) is 1. The first-order chi connectivity index (χ1) is 15.5. The molecule has 1 amide bonds. The highest BCUT2D eigenvalue weighted by Crippen LogP contribution is 2.31. The van der Waals surface area contributed by atoms with Crippen molar-refractivity contribution in [1.82, 2.24) is 24.6 Å². The number of carbonyl (C=O) groups excluding carboxylic acids is 1. The Morgan fingerprint density at radius 2 is 2.00 bits per heavy atom. The summed E-state index contributed by atoms with van der Waals surface area (Å²) >= 11 is 1.35. The largest absolute Gasteiger partial charge is 0.494 e. The number of likely N-dealkylation sites (N-methyl/N-ethyl adjacent to an activating group) is 1. The molecule has 4 aromatic rings. The minimum Gasteiger partial charge on any atom is -0.494 e. The third kappa shape index (κ3) is 3.87. The maximum absolute atomic E-state index is 13.0. The van der Waals surface area contributed by atoms with E-state index in [1.54, 1.807) is 24.1 Å². The van der Waals surface area contributed by atoms with Crippen LogP contribution in [0.5, 0.6) is 5.75 Å². The van der Waals surface area contributed by atoms with Crippen LogP contribution in [0.3, 0.4) is 0 Å². The monoisotopic (exact) mass is 451 g/mol. The van der Waals surface area contributed by atoms with E-state index < -0.39 is 0 Å². The fraction of sp³-hybridized carbons (Fsp3) is 0.364. The molecule has 9 nitrogen and oxygen atoms in total. The number of anilines is 2. The van der Waals surface area contributed by atoms with Crippen LogP contribution in [0.1, 0.15) is 16.6 Å². The molecule has 10 heteroatoms. The molecule has 1 N–H and O–H groups in total. The Balaban J connectivity index is 1.38. The molecule has 4 heterocycles. The first kappa shape index (κ1) is 20.7. The number of amides is 1. The molecule has 1 saturated heterocycles. The highest BCUT2D eigenvalue weighted by molar-refractivity contribution is 7.20. The van der Waals surface area contributed by atoms with Crippen molar-refractivity contribution in [1.29, 1.82) is 0 Å².